The first-order valence-electron chi connectivity index (χ1n) is 7.32. The second kappa shape index (κ2) is 6.47. The van der Waals surface area contributed by atoms with Gasteiger partial charge in [0.2, 0.25) is 0 Å². The molecule has 2 heteroatoms. The summed E-state index contributed by atoms with van der Waals surface area (Å²) in [5.41, 5.74) is 2.82. The third kappa shape index (κ3) is 3.08. The van der Waals surface area contributed by atoms with E-state index in [0.29, 0.717) is 17.3 Å². The topological polar surface area (TPSA) is 12.0 Å². The molecule has 0 saturated carbocycles. The van der Waals surface area contributed by atoms with Gasteiger partial charge in [0.25, 0.3) is 0 Å². The Hall–Kier alpha value is -1.25. The summed E-state index contributed by atoms with van der Waals surface area (Å²) in [5, 5.41) is 4.31. The fourth-order valence-corrected chi connectivity index (χ4v) is 4.33. The molecular weight excluding hydrogens is 262 g/mol. The Morgan fingerprint density at radius 1 is 0.900 bits per heavy atom. The SMILES string of the molecule is CC1CCSC(c2ccccc2)C(c2ccccc2)N1. The Bertz CT molecular complexity index is 526. The highest BCUT2D eigenvalue weighted by molar-refractivity contribution is 7.99. The zero-order chi connectivity index (χ0) is 13.8. The van der Waals surface area contributed by atoms with Crippen molar-refractivity contribution in [3.05, 3.63) is 71.8 Å². The number of hydrogen-bond donors (Lipinski definition) is 1. The summed E-state index contributed by atoms with van der Waals surface area (Å²) in [7, 11) is 0. The summed E-state index contributed by atoms with van der Waals surface area (Å²) < 4.78 is 0. The van der Waals surface area contributed by atoms with Gasteiger partial charge in [-0.2, -0.15) is 11.8 Å². The minimum Gasteiger partial charge on any atom is -0.306 e. The van der Waals surface area contributed by atoms with E-state index in [1.54, 1.807) is 0 Å². The van der Waals surface area contributed by atoms with Gasteiger partial charge in [-0.15, -0.1) is 0 Å². The molecule has 3 unspecified atom stereocenters. The number of benzene rings is 2. The zero-order valence-corrected chi connectivity index (χ0v) is 12.6. The third-order valence-corrected chi connectivity index (χ3v) is 5.28. The molecule has 1 aliphatic heterocycles. The van der Waals surface area contributed by atoms with E-state index in [1.807, 2.05) is 0 Å². The second-order valence-corrected chi connectivity index (χ2v) is 6.70. The van der Waals surface area contributed by atoms with Crippen LogP contribution in [0.15, 0.2) is 60.7 Å². The van der Waals surface area contributed by atoms with Gasteiger partial charge in [-0.25, -0.2) is 0 Å². The van der Waals surface area contributed by atoms with Gasteiger partial charge in [0, 0.05) is 17.3 Å². The molecule has 2 aromatic rings. The van der Waals surface area contributed by atoms with Crippen LogP contribution < -0.4 is 5.32 Å². The maximum Gasteiger partial charge on any atom is 0.0492 e. The van der Waals surface area contributed by atoms with Gasteiger partial charge in [0.1, 0.15) is 0 Å². The molecule has 0 aliphatic carbocycles. The molecule has 3 atom stereocenters. The summed E-state index contributed by atoms with van der Waals surface area (Å²) in [6.45, 7) is 2.30. The summed E-state index contributed by atoms with van der Waals surface area (Å²) in [4.78, 5) is 0. The van der Waals surface area contributed by atoms with E-state index in [1.165, 1.54) is 23.3 Å². The molecule has 0 bridgehead atoms. The average Bonchev–Trinajstić information content (AvgIpc) is 2.71. The lowest BCUT2D eigenvalue weighted by atomic mass is 9.97. The molecule has 0 radical (unpaired) electrons. The van der Waals surface area contributed by atoms with Gasteiger partial charge in [-0.1, -0.05) is 60.7 Å². The van der Waals surface area contributed by atoms with Crippen molar-refractivity contribution in [2.45, 2.75) is 30.7 Å². The van der Waals surface area contributed by atoms with Gasteiger partial charge >= 0.3 is 0 Å². The molecule has 1 N–H and O–H groups in total. The van der Waals surface area contributed by atoms with E-state index in [-0.39, 0.29) is 0 Å². The lowest BCUT2D eigenvalue weighted by molar-refractivity contribution is 0.452. The fraction of sp³-hybridized carbons (Fsp3) is 0.333. The van der Waals surface area contributed by atoms with E-state index in [4.69, 9.17) is 0 Å². The van der Waals surface area contributed by atoms with Crippen molar-refractivity contribution in [3.8, 4) is 0 Å². The third-order valence-electron chi connectivity index (χ3n) is 3.90. The van der Waals surface area contributed by atoms with Crippen molar-refractivity contribution in [3.63, 3.8) is 0 Å². The average molecular weight is 283 g/mol. The highest BCUT2D eigenvalue weighted by Crippen LogP contribution is 2.42. The molecule has 0 spiro atoms. The van der Waals surface area contributed by atoms with Crippen LogP contribution >= 0.6 is 11.8 Å². The van der Waals surface area contributed by atoms with Crippen LogP contribution in [-0.4, -0.2) is 11.8 Å². The largest absolute Gasteiger partial charge is 0.306 e. The molecule has 1 fully saturated rings. The van der Waals surface area contributed by atoms with Crippen LogP contribution in [-0.2, 0) is 0 Å². The van der Waals surface area contributed by atoms with Crippen LogP contribution in [0.4, 0.5) is 0 Å². The van der Waals surface area contributed by atoms with Crippen LogP contribution in [0.2, 0.25) is 0 Å². The number of thioether (sulfide) groups is 1. The molecule has 3 rings (SSSR count). The molecular formula is C18H21NS. The minimum absolute atomic E-state index is 0.390. The summed E-state index contributed by atoms with van der Waals surface area (Å²) in [6.07, 6.45) is 1.23. The van der Waals surface area contributed by atoms with Crippen molar-refractivity contribution in [1.82, 2.24) is 5.32 Å². The van der Waals surface area contributed by atoms with Crippen LogP contribution in [0.3, 0.4) is 0 Å². The van der Waals surface area contributed by atoms with E-state index in [9.17, 15) is 0 Å². The normalized spacial score (nSPS) is 26.9. The number of hydrogen-bond acceptors (Lipinski definition) is 2. The summed E-state index contributed by atoms with van der Waals surface area (Å²) in [5.74, 6) is 1.22. The molecule has 104 valence electrons. The van der Waals surface area contributed by atoms with Gasteiger partial charge in [-0.05, 0) is 30.2 Å². The van der Waals surface area contributed by atoms with E-state index < -0.39 is 0 Å². The molecule has 20 heavy (non-hydrogen) atoms. The van der Waals surface area contributed by atoms with Crippen LogP contribution in [0.5, 0.6) is 0 Å². The molecule has 0 aromatic heterocycles. The van der Waals surface area contributed by atoms with Gasteiger partial charge in [0.05, 0.1) is 0 Å². The lowest BCUT2D eigenvalue weighted by Gasteiger charge is -2.27. The highest BCUT2D eigenvalue weighted by Gasteiger charge is 2.28. The Balaban J connectivity index is 1.96. The highest BCUT2D eigenvalue weighted by atomic mass is 32.2. The van der Waals surface area contributed by atoms with Gasteiger partial charge in [0.15, 0.2) is 0 Å². The van der Waals surface area contributed by atoms with E-state index >= 15 is 0 Å². The maximum absolute atomic E-state index is 3.82. The van der Waals surface area contributed by atoms with Crippen molar-refractivity contribution in [2.24, 2.45) is 0 Å². The maximum atomic E-state index is 3.82. The quantitative estimate of drug-likeness (QED) is 0.865. The van der Waals surface area contributed by atoms with Crippen LogP contribution in [0.1, 0.15) is 35.8 Å². The number of nitrogens with one attached hydrogen (secondary N) is 1. The Morgan fingerprint density at radius 2 is 1.50 bits per heavy atom. The van der Waals surface area contributed by atoms with Crippen LogP contribution in [0, 0.1) is 0 Å². The molecule has 1 aliphatic rings. The Morgan fingerprint density at radius 3 is 2.15 bits per heavy atom. The molecule has 0 amide bonds. The van der Waals surface area contributed by atoms with Crippen molar-refractivity contribution in [2.75, 3.05) is 5.75 Å². The molecule has 2 aromatic carbocycles. The first kappa shape index (κ1) is 13.7. The first-order chi connectivity index (χ1) is 9.84. The molecule has 1 saturated heterocycles. The van der Waals surface area contributed by atoms with Gasteiger partial charge in [-0.3, -0.25) is 0 Å². The van der Waals surface area contributed by atoms with Crippen molar-refractivity contribution in [1.29, 1.82) is 0 Å². The first-order valence-corrected chi connectivity index (χ1v) is 8.37. The lowest BCUT2D eigenvalue weighted by Crippen LogP contribution is -2.31. The second-order valence-electron chi connectivity index (χ2n) is 5.45. The Labute approximate surface area is 125 Å². The zero-order valence-electron chi connectivity index (χ0n) is 11.8. The van der Waals surface area contributed by atoms with E-state index in [2.05, 4.69) is 84.7 Å². The smallest absolute Gasteiger partial charge is 0.0492 e. The van der Waals surface area contributed by atoms with Crippen molar-refractivity contribution < 1.29 is 0 Å². The van der Waals surface area contributed by atoms with Crippen LogP contribution in [0.25, 0.3) is 0 Å². The fourth-order valence-electron chi connectivity index (χ4n) is 2.81. The monoisotopic (exact) mass is 283 g/mol. The predicted molar refractivity (Wildman–Crippen MR) is 88.0 cm³/mol. The van der Waals surface area contributed by atoms with Crippen molar-refractivity contribution >= 4 is 11.8 Å². The van der Waals surface area contributed by atoms with Gasteiger partial charge < -0.3 is 5.32 Å². The predicted octanol–water partition coefficient (Wildman–Crippen LogP) is 4.58. The molecule has 1 nitrogen and oxygen atoms in total. The minimum atomic E-state index is 0.390. The summed E-state index contributed by atoms with van der Waals surface area (Å²) in [6, 6.07) is 22.7. The standard InChI is InChI=1S/C18H21NS/c1-14-12-13-20-18(16-10-6-3-7-11-16)17(19-14)15-8-4-2-5-9-15/h2-11,14,17-19H,12-13H2,1H3. The Kier molecular flexibility index (Phi) is 4.44. The molecule has 1 heterocycles. The number of rotatable bonds is 2. The van der Waals surface area contributed by atoms with E-state index in [0.717, 1.165) is 0 Å². The summed E-state index contributed by atoms with van der Waals surface area (Å²) >= 11 is 2.08.